The Kier molecular flexibility index (Phi) is 7.35. The number of carboxylic acid groups (broad SMARTS) is 1. The maximum absolute atomic E-state index is 12.0. The quantitative estimate of drug-likeness (QED) is 0.229. The molecule has 1 fully saturated rings. The number of nitrogens with zero attached hydrogens (tertiary/aromatic N) is 2. The molecule has 2 atom stereocenters. The van der Waals surface area contributed by atoms with Gasteiger partial charge in [-0.05, 0) is 61.4 Å². The molecule has 1 saturated carbocycles. The van der Waals surface area contributed by atoms with E-state index in [1.54, 1.807) is 19.2 Å². The molecule has 0 bridgehead atoms. The lowest BCUT2D eigenvalue weighted by Crippen LogP contribution is -2.51. The molecule has 36 heavy (non-hydrogen) atoms. The maximum atomic E-state index is 12.0. The highest BCUT2D eigenvalue weighted by Crippen LogP contribution is 2.57. The molecular formula is C26H38N2O6SSi. The van der Waals surface area contributed by atoms with Gasteiger partial charge in [-0.1, -0.05) is 34.6 Å². The van der Waals surface area contributed by atoms with E-state index in [-0.39, 0.29) is 30.2 Å². The van der Waals surface area contributed by atoms with Crippen LogP contribution in [0.4, 0.5) is 5.69 Å². The van der Waals surface area contributed by atoms with Gasteiger partial charge in [-0.25, -0.2) is 4.98 Å². The summed E-state index contributed by atoms with van der Waals surface area (Å²) in [6, 6.07) is 4.94. The van der Waals surface area contributed by atoms with E-state index in [2.05, 4.69) is 38.8 Å². The van der Waals surface area contributed by atoms with E-state index in [1.807, 2.05) is 19.9 Å². The number of aliphatic hydroxyl groups is 1. The van der Waals surface area contributed by atoms with E-state index in [9.17, 15) is 25.1 Å². The zero-order chi connectivity index (χ0) is 27.3. The van der Waals surface area contributed by atoms with Gasteiger partial charge in [0, 0.05) is 23.9 Å². The summed E-state index contributed by atoms with van der Waals surface area (Å²) in [5.41, 5.74) is -1.51. The van der Waals surface area contributed by atoms with E-state index in [1.165, 1.54) is 17.4 Å². The number of nitro groups is 1. The summed E-state index contributed by atoms with van der Waals surface area (Å²) < 4.78 is 6.30. The number of carboxylic acids is 1. The van der Waals surface area contributed by atoms with Crippen molar-refractivity contribution in [3.05, 3.63) is 45.1 Å². The fraction of sp³-hybridized carbons (Fsp3) is 0.615. The first-order valence-corrected chi connectivity index (χ1v) is 15.9. The molecule has 0 unspecified atom stereocenters. The van der Waals surface area contributed by atoms with Crippen LogP contribution in [0.15, 0.2) is 24.4 Å². The Hall–Kier alpha value is -2.14. The zero-order valence-corrected chi connectivity index (χ0v) is 24.3. The molecule has 1 heterocycles. The van der Waals surface area contributed by atoms with Crippen molar-refractivity contribution in [3.63, 3.8) is 0 Å². The standard InChI is InChI=1S/C26H38N2O6SSi/c1-23(2,3)36(7,8)34-15-17-11-18(13-19(12-17)28(32)33)20-14-27-21(35-20)26(31)10-9-25(6,22(29)30)24(4,5)16-26/h11-14,31H,9-10,15-16H2,1-8H3,(H,29,30)/t25-,26-/m1/s1. The van der Waals surface area contributed by atoms with Crippen molar-refractivity contribution in [2.45, 2.75) is 91.1 Å². The Bertz CT molecular complexity index is 1170. The molecule has 0 radical (unpaired) electrons. The topological polar surface area (TPSA) is 123 Å². The van der Waals surface area contributed by atoms with Crippen molar-refractivity contribution in [3.8, 4) is 10.4 Å². The molecule has 198 valence electrons. The van der Waals surface area contributed by atoms with Gasteiger partial charge in [0.25, 0.3) is 5.69 Å². The van der Waals surface area contributed by atoms with E-state index >= 15 is 0 Å². The molecule has 2 N–H and O–H groups in total. The van der Waals surface area contributed by atoms with Crippen LogP contribution in [0, 0.1) is 20.9 Å². The predicted molar refractivity (Wildman–Crippen MR) is 143 cm³/mol. The van der Waals surface area contributed by atoms with Crippen LogP contribution in [-0.2, 0) is 21.4 Å². The Labute approximate surface area is 218 Å². The summed E-state index contributed by atoms with van der Waals surface area (Å²) in [5, 5.41) is 33.5. The predicted octanol–water partition coefficient (Wildman–Crippen LogP) is 6.73. The first-order chi connectivity index (χ1) is 16.3. The maximum Gasteiger partial charge on any atom is 0.309 e. The highest BCUT2D eigenvalue weighted by atomic mass is 32.1. The van der Waals surface area contributed by atoms with E-state index in [0.717, 1.165) is 0 Å². The van der Waals surface area contributed by atoms with Gasteiger partial charge in [0.05, 0.1) is 21.8 Å². The van der Waals surface area contributed by atoms with Crippen molar-refractivity contribution < 1.29 is 24.4 Å². The van der Waals surface area contributed by atoms with Gasteiger partial charge in [0.15, 0.2) is 8.32 Å². The lowest BCUT2D eigenvalue weighted by Gasteiger charge is -2.50. The molecule has 0 spiro atoms. The highest BCUT2D eigenvalue weighted by Gasteiger charge is 2.56. The Morgan fingerprint density at radius 2 is 1.86 bits per heavy atom. The summed E-state index contributed by atoms with van der Waals surface area (Å²) in [7, 11) is -2.05. The Balaban J connectivity index is 1.92. The lowest BCUT2D eigenvalue weighted by atomic mass is 9.55. The fourth-order valence-electron chi connectivity index (χ4n) is 4.50. The molecular weight excluding hydrogens is 496 g/mol. The van der Waals surface area contributed by atoms with Crippen LogP contribution in [-0.4, -0.2) is 34.4 Å². The van der Waals surface area contributed by atoms with E-state index < -0.39 is 35.6 Å². The van der Waals surface area contributed by atoms with Gasteiger partial charge in [-0.15, -0.1) is 11.3 Å². The average Bonchev–Trinajstić information content (AvgIpc) is 3.25. The van der Waals surface area contributed by atoms with Crippen LogP contribution in [0.2, 0.25) is 18.1 Å². The number of hydrogen-bond donors (Lipinski definition) is 2. The Morgan fingerprint density at radius 1 is 1.22 bits per heavy atom. The number of non-ortho nitro benzene ring substituents is 1. The third-order valence-corrected chi connectivity index (χ3v) is 14.2. The van der Waals surface area contributed by atoms with Crippen molar-refractivity contribution in [2.75, 3.05) is 0 Å². The summed E-state index contributed by atoms with van der Waals surface area (Å²) in [4.78, 5) is 28.4. The van der Waals surface area contributed by atoms with Crippen LogP contribution in [0.5, 0.6) is 0 Å². The molecule has 1 aliphatic rings. The number of rotatable bonds is 7. The monoisotopic (exact) mass is 534 g/mol. The second-order valence-electron chi connectivity index (χ2n) is 12.5. The first-order valence-electron chi connectivity index (χ1n) is 12.2. The van der Waals surface area contributed by atoms with Gasteiger partial charge >= 0.3 is 5.97 Å². The smallest absolute Gasteiger partial charge is 0.309 e. The Morgan fingerprint density at radius 3 is 2.39 bits per heavy atom. The molecule has 1 aromatic heterocycles. The molecule has 0 aliphatic heterocycles. The van der Waals surface area contributed by atoms with Crippen molar-refractivity contribution in [1.29, 1.82) is 0 Å². The van der Waals surface area contributed by atoms with Crippen LogP contribution in [0.1, 0.15) is 71.4 Å². The lowest BCUT2D eigenvalue weighted by molar-refractivity contribution is -0.384. The molecule has 3 rings (SSSR count). The van der Waals surface area contributed by atoms with Gasteiger partial charge in [-0.3, -0.25) is 14.9 Å². The summed E-state index contributed by atoms with van der Waals surface area (Å²) in [5.74, 6) is -0.863. The molecule has 1 aromatic carbocycles. The van der Waals surface area contributed by atoms with Gasteiger partial charge in [0.1, 0.15) is 10.6 Å². The number of thiazole rings is 1. The van der Waals surface area contributed by atoms with Gasteiger partial charge in [-0.2, -0.15) is 0 Å². The number of nitro benzene ring substituents is 1. The number of aliphatic carboxylic acids is 1. The van der Waals surface area contributed by atoms with Crippen LogP contribution in [0.25, 0.3) is 10.4 Å². The van der Waals surface area contributed by atoms with Crippen molar-refractivity contribution in [2.24, 2.45) is 10.8 Å². The minimum atomic E-state index is -2.05. The normalized spacial score (nSPS) is 24.5. The molecule has 2 aromatic rings. The second kappa shape index (κ2) is 9.31. The van der Waals surface area contributed by atoms with Crippen molar-refractivity contribution in [1.82, 2.24) is 4.98 Å². The number of carbonyl (C=O) groups is 1. The molecule has 8 nitrogen and oxygen atoms in total. The molecule has 1 aliphatic carbocycles. The third-order valence-electron chi connectivity index (χ3n) is 8.52. The third kappa shape index (κ3) is 5.27. The van der Waals surface area contributed by atoms with E-state index in [0.29, 0.717) is 27.4 Å². The van der Waals surface area contributed by atoms with Crippen LogP contribution < -0.4 is 0 Å². The minimum absolute atomic E-state index is 0.0169. The molecule has 0 saturated heterocycles. The minimum Gasteiger partial charge on any atom is -0.481 e. The number of hydrogen-bond acceptors (Lipinski definition) is 7. The van der Waals surface area contributed by atoms with Gasteiger partial charge < -0.3 is 14.6 Å². The highest BCUT2D eigenvalue weighted by molar-refractivity contribution is 7.15. The average molecular weight is 535 g/mol. The fourth-order valence-corrected chi connectivity index (χ4v) is 6.48. The van der Waals surface area contributed by atoms with Crippen molar-refractivity contribution >= 4 is 31.3 Å². The summed E-state index contributed by atoms with van der Waals surface area (Å²) in [6.45, 7) is 16.5. The molecule has 10 heteroatoms. The largest absolute Gasteiger partial charge is 0.481 e. The number of aromatic nitrogens is 1. The summed E-state index contributed by atoms with van der Waals surface area (Å²) >= 11 is 1.29. The zero-order valence-electron chi connectivity index (χ0n) is 22.5. The second-order valence-corrected chi connectivity index (χ2v) is 18.3. The van der Waals surface area contributed by atoms with Crippen LogP contribution >= 0.6 is 11.3 Å². The molecule has 0 amide bonds. The van der Waals surface area contributed by atoms with E-state index in [4.69, 9.17) is 4.43 Å². The van der Waals surface area contributed by atoms with Gasteiger partial charge in [0.2, 0.25) is 0 Å². The van der Waals surface area contributed by atoms with Crippen LogP contribution in [0.3, 0.4) is 0 Å². The number of benzene rings is 1. The summed E-state index contributed by atoms with van der Waals surface area (Å²) in [6.07, 6.45) is 2.50. The SMILES string of the molecule is CC1(C)C[C@@](O)(c2ncc(-c3cc(CO[Si](C)(C)C(C)(C)C)cc([N+](=O)[O-])c3)s2)CC[C@]1(C)C(=O)O. The first kappa shape index (κ1) is 28.4.